The van der Waals surface area contributed by atoms with Crippen molar-refractivity contribution in [2.24, 2.45) is 17.6 Å². The van der Waals surface area contributed by atoms with Gasteiger partial charge in [-0.05, 0) is 94.7 Å². The van der Waals surface area contributed by atoms with Gasteiger partial charge in [0.25, 0.3) is 0 Å². The van der Waals surface area contributed by atoms with Crippen molar-refractivity contribution in [1.82, 2.24) is 0 Å². The summed E-state index contributed by atoms with van der Waals surface area (Å²) in [6.07, 6.45) is 12.8. The molecule has 0 spiro atoms. The maximum atomic E-state index is 11.6. The molecule has 34 heavy (non-hydrogen) atoms. The summed E-state index contributed by atoms with van der Waals surface area (Å²) in [5, 5.41) is 0. The van der Waals surface area contributed by atoms with Crippen LogP contribution in [0.4, 0.5) is 0 Å². The molecule has 4 heteroatoms. The number of ether oxygens (including phenoxy) is 2. The molecule has 3 atom stereocenters. The van der Waals surface area contributed by atoms with Gasteiger partial charge in [0.2, 0.25) is 0 Å². The molecule has 4 nitrogen and oxygen atoms in total. The Labute approximate surface area is 209 Å². The number of hydrogen-bond acceptors (Lipinski definition) is 4. The van der Waals surface area contributed by atoms with Gasteiger partial charge in [0, 0.05) is 18.5 Å². The summed E-state index contributed by atoms with van der Waals surface area (Å²) in [5.74, 6) is 3.06. The number of carbonyl (C=O) groups is 1. The summed E-state index contributed by atoms with van der Waals surface area (Å²) in [7, 11) is 0. The summed E-state index contributed by atoms with van der Waals surface area (Å²) < 4.78 is 12.2. The Morgan fingerprint density at radius 3 is 2.21 bits per heavy atom. The standard InChI is InChI=1S/C30H51NO3/c1-20(2)12-9-13-21(3)14-10-15-26(31)16-11-18-30(8)19-17-27-24(6)28(33-25(7)32)22(4)23(5)29(27)34-30/h20-21,26H,9-19,31H2,1-8H3. The Bertz CT molecular complexity index is 816. The largest absolute Gasteiger partial charge is 0.487 e. The lowest BCUT2D eigenvalue weighted by Crippen LogP contribution is -2.37. The average Bonchev–Trinajstić information content (AvgIpc) is 2.74. The van der Waals surface area contributed by atoms with Gasteiger partial charge in [0.15, 0.2) is 0 Å². The van der Waals surface area contributed by atoms with E-state index in [9.17, 15) is 4.79 Å². The van der Waals surface area contributed by atoms with Gasteiger partial charge in [-0.3, -0.25) is 4.79 Å². The van der Waals surface area contributed by atoms with Crippen molar-refractivity contribution in [1.29, 1.82) is 0 Å². The highest BCUT2D eigenvalue weighted by atomic mass is 16.5. The van der Waals surface area contributed by atoms with Gasteiger partial charge in [-0.2, -0.15) is 0 Å². The Morgan fingerprint density at radius 1 is 0.971 bits per heavy atom. The zero-order valence-corrected chi connectivity index (χ0v) is 23.3. The number of nitrogens with two attached hydrogens (primary N) is 1. The molecule has 2 rings (SSSR count). The molecule has 0 bridgehead atoms. The summed E-state index contributed by atoms with van der Waals surface area (Å²) in [6.45, 7) is 16.8. The molecular formula is C30H51NO3. The number of fused-ring (bicyclic) bond motifs is 1. The fourth-order valence-corrected chi connectivity index (χ4v) is 5.38. The fourth-order valence-electron chi connectivity index (χ4n) is 5.38. The molecule has 0 amide bonds. The van der Waals surface area contributed by atoms with Crippen LogP contribution in [0.25, 0.3) is 0 Å². The number of rotatable bonds is 13. The molecule has 0 saturated heterocycles. The second-order valence-corrected chi connectivity index (χ2v) is 11.7. The summed E-state index contributed by atoms with van der Waals surface area (Å²) in [6, 6.07) is 0.292. The molecule has 3 unspecified atom stereocenters. The van der Waals surface area contributed by atoms with Crippen LogP contribution in [0.2, 0.25) is 0 Å². The summed E-state index contributed by atoms with van der Waals surface area (Å²) >= 11 is 0. The zero-order chi connectivity index (χ0) is 25.5. The molecular weight excluding hydrogens is 422 g/mol. The lowest BCUT2D eigenvalue weighted by Gasteiger charge is -2.38. The first-order valence-electron chi connectivity index (χ1n) is 13.7. The van der Waals surface area contributed by atoms with Gasteiger partial charge in [-0.1, -0.05) is 52.9 Å². The van der Waals surface area contributed by atoms with E-state index >= 15 is 0 Å². The summed E-state index contributed by atoms with van der Waals surface area (Å²) in [4.78, 5) is 11.6. The lowest BCUT2D eigenvalue weighted by atomic mass is 9.84. The minimum Gasteiger partial charge on any atom is -0.487 e. The van der Waals surface area contributed by atoms with Crippen molar-refractivity contribution in [2.75, 3.05) is 0 Å². The normalized spacial score (nSPS) is 19.5. The van der Waals surface area contributed by atoms with Crippen LogP contribution >= 0.6 is 0 Å². The Kier molecular flexibility index (Phi) is 10.9. The van der Waals surface area contributed by atoms with E-state index < -0.39 is 0 Å². The van der Waals surface area contributed by atoms with Crippen LogP contribution < -0.4 is 15.2 Å². The van der Waals surface area contributed by atoms with Crippen LogP contribution in [0.5, 0.6) is 11.5 Å². The molecule has 1 aliphatic heterocycles. The minimum atomic E-state index is -0.274. The third kappa shape index (κ3) is 8.29. The first-order chi connectivity index (χ1) is 15.9. The Morgan fingerprint density at radius 2 is 1.59 bits per heavy atom. The highest BCUT2D eigenvalue weighted by molar-refractivity contribution is 5.72. The first-order valence-corrected chi connectivity index (χ1v) is 13.7. The smallest absolute Gasteiger partial charge is 0.308 e. The van der Waals surface area contributed by atoms with Gasteiger partial charge < -0.3 is 15.2 Å². The van der Waals surface area contributed by atoms with Gasteiger partial charge in [-0.15, -0.1) is 0 Å². The molecule has 1 aromatic carbocycles. The highest BCUT2D eigenvalue weighted by Crippen LogP contribution is 2.45. The molecule has 0 saturated carbocycles. The van der Waals surface area contributed by atoms with Crippen molar-refractivity contribution in [3.8, 4) is 11.5 Å². The van der Waals surface area contributed by atoms with Crippen LogP contribution in [-0.2, 0) is 11.2 Å². The second-order valence-electron chi connectivity index (χ2n) is 11.7. The van der Waals surface area contributed by atoms with E-state index in [1.165, 1.54) is 44.6 Å². The van der Waals surface area contributed by atoms with Crippen molar-refractivity contribution in [3.05, 3.63) is 22.3 Å². The molecule has 0 aliphatic carbocycles. The van der Waals surface area contributed by atoms with Gasteiger partial charge in [0.05, 0.1) is 0 Å². The zero-order valence-electron chi connectivity index (χ0n) is 23.3. The third-order valence-electron chi connectivity index (χ3n) is 7.84. The monoisotopic (exact) mass is 473 g/mol. The maximum Gasteiger partial charge on any atom is 0.308 e. The maximum absolute atomic E-state index is 11.6. The van der Waals surface area contributed by atoms with Crippen LogP contribution in [0.15, 0.2) is 0 Å². The van der Waals surface area contributed by atoms with Gasteiger partial charge >= 0.3 is 5.97 Å². The quantitative estimate of drug-likeness (QED) is 0.235. The molecule has 0 aromatic heterocycles. The summed E-state index contributed by atoms with van der Waals surface area (Å²) in [5.41, 5.74) is 10.6. The van der Waals surface area contributed by atoms with Crippen molar-refractivity contribution >= 4 is 5.97 Å². The third-order valence-corrected chi connectivity index (χ3v) is 7.84. The fraction of sp³-hybridized carbons (Fsp3) is 0.767. The van der Waals surface area contributed by atoms with E-state index in [1.54, 1.807) is 0 Å². The number of hydrogen-bond donors (Lipinski definition) is 1. The molecule has 194 valence electrons. The first kappa shape index (κ1) is 28.7. The van der Waals surface area contributed by atoms with Crippen molar-refractivity contribution < 1.29 is 14.3 Å². The van der Waals surface area contributed by atoms with Crippen molar-refractivity contribution in [2.45, 2.75) is 138 Å². The topological polar surface area (TPSA) is 61.5 Å². The van der Waals surface area contributed by atoms with E-state index in [1.807, 2.05) is 13.8 Å². The predicted octanol–water partition coefficient (Wildman–Crippen LogP) is 7.75. The molecule has 1 aliphatic rings. The number of benzene rings is 1. The van der Waals surface area contributed by atoms with Gasteiger partial charge in [0.1, 0.15) is 17.1 Å². The van der Waals surface area contributed by atoms with E-state index in [0.717, 1.165) is 72.8 Å². The van der Waals surface area contributed by atoms with E-state index in [4.69, 9.17) is 15.2 Å². The highest BCUT2D eigenvalue weighted by Gasteiger charge is 2.34. The number of esters is 1. The molecule has 1 aromatic rings. The van der Waals surface area contributed by atoms with E-state index in [2.05, 4.69) is 34.6 Å². The van der Waals surface area contributed by atoms with Gasteiger partial charge in [-0.25, -0.2) is 0 Å². The molecule has 2 N–H and O–H groups in total. The predicted molar refractivity (Wildman–Crippen MR) is 143 cm³/mol. The lowest BCUT2D eigenvalue weighted by molar-refractivity contribution is -0.132. The Hall–Kier alpha value is -1.55. The molecule has 0 radical (unpaired) electrons. The minimum absolute atomic E-state index is 0.162. The SMILES string of the molecule is CC(=O)Oc1c(C)c(C)c2c(c1C)CCC(C)(CCCC(N)CCCC(C)CCCC(C)C)O2. The van der Waals surface area contributed by atoms with Crippen LogP contribution in [0, 0.1) is 32.6 Å². The van der Waals surface area contributed by atoms with Crippen LogP contribution in [0.3, 0.4) is 0 Å². The average molecular weight is 474 g/mol. The van der Waals surface area contributed by atoms with E-state index in [-0.39, 0.29) is 11.6 Å². The van der Waals surface area contributed by atoms with Crippen molar-refractivity contribution in [3.63, 3.8) is 0 Å². The van der Waals surface area contributed by atoms with E-state index in [0.29, 0.717) is 11.8 Å². The molecule has 1 heterocycles. The number of carbonyl (C=O) groups excluding carboxylic acids is 1. The molecule has 0 fully saturated rings. The second kappa shape index (κ2) is 13.0. The Balaban J connectivity index is 1.82. The van der Waals surface area contributed by atoms with Crippen LogP contribution in [-0.4, -0.2) is 17.6 Å². The van der Waals surface area contributed by atoms with Crippen LogP contribution in [0.1, 0.15) is 121 Å².